The van der Waals surface area contributed by atoms with Crippen LogP contribution in [0.1, 0.15) is 0 Å². The molecule has 0 aliphatic heterocycles. The van der Waals surface area contributed by atoms with Gasteiger partial charge in [-0.2, -0.15) is 0 Å². The van der Waals surface area contributed by atoms with E-state index in [1.807, 2.05) is 12.1 Å². The van der Waals surface area contributed by atoms with E-state index in [0.717, 1.165) is 11.1 Å². The molecule has 2 N–H and O–H groups in total. The lowest BCUT2D eigenvalue weighted by atomic mass is 9.98. The molecule has 1 nitrogen and oxygen atoms in total. The monoisotopic (exact) mass is 243 g/mol. The third kappa shape index (κ3) is 1.48. The molecule has 4 aromatic carbocycles. The normalized spacial score (nSPS) is 11.4. The van der Waals surface area contributed by atoms with Crippen LogP contribution in [0.25, 0.3) is 32.3 Å². The highest BCUT2D eigenvalue weighted by molar-refractivity contribution is 6.14. The molecule has 0 radical (unpaired) electrons. The van der Waals surface area contributed by atoms with Crippen LogP contribution >= 0.6 is 0 Å². The zero-order chi connectivity index (χ0) is 12.8. The van der Waals surface area contributed by atoms with Crippen LogP contribution in [0.2, 0.25) is 0 Å². The van der Waals surface area contributed by atoms with Crippen LogP contribution in [0.3, 0.4) is 0 Å². The van der Waals surface area contributed by atoms with Gasteiger partial charge in [-0.05, 0) is 45.1 Å². The van der Waals surface area contributed by atoms with E-state index in [1.54, 1.807) is 0 Å². The fourth-order valence-corrected chi connectivity index (χ4v) is 2.81. The summed E-state index contributed by atoms with van der Waals surface area (Å²) in [5, 5.41) is 7.43. The molecule has 4 rings (SSSR count). The highest BCUT2D eigenvalue weighted by Gasteiger charge is 2.04. The fourth-order valence-electron chi connectivity index (χ4n) is 2.81. The predicted octanol–water partition coefficient (Wildman–Crippen LogP) is 4.73. The van der Waals surface area contributed by atoms with Crippen molar-refractivity contribution >= 4 is 38.0 Å². The van der Waals surface area contributed by atoms with Crippen molar-refractivity contribution in [2.45, 2.75) is 0 Å². The van der Waals surface area contributed by atoms with Crippen molar-refractivity contribution in [2.75, 3.05) is 5.73 Å². The number of anilines is 1. The Morgan fingerprint density at radius 3 is 2.16 bits per heavy atom. The Labute approximate surface area is 111 Å². The molecular weight excluding hydrogens is 230 g/mol. The van der Waals surface area contributed by atoms with Crippen molar-refractivity contribution in [1.29, 1.82) is 0 Å². The van der Waals surface area contributed by atoms with Crippen molar-refractivity contribution in [3.63, 3.8) is 0 Å². The molecule has 0 heterocycles. The lowest BCUT2D eigenvalue weighted by molar-refractivity contribution is 1.75. The summed E-state index contributed by atoms with van der Waals surface area (Å²) >= 11 is 0. The Bertz CT molecular complexity index is 922. The van der Waals surface area contributed by atoms with Gasteiger partial charge in [0.1, 0.15) is 0 Å². The Balaban J connectivity index is 2.26. The van der Waals surface area contributed by atoms with Crippen molar-refractivity contribution < 1.29 is 0 Å². The minimum absolute atomic E-state index is 0.840. The van der Waals surface area contributed by atoms with Crippen LogP contribution in [0.5, 0.6) is 0 Å². The number of hydrogen-bond acceptors (Lipinski definition) is 1. The summed E-state index contributed by atoms with van der Waals surface area (Å²) in [4.78, 5) is 0. The molecule has 0 fully saturated rings. The van der Waals surface area contributed by atoms with Crippen molar-refractivity contribution in [3.05, 3.63) is 66.7 Å². The van der Waals surface area contributed by atoms with Crippen molar-refractivity contribution in [3.8, 4) is 0 Å². The maximum Gasteiger partial charge on any atom is 0.0393 e. The van der Waals surface area contributed by atoms with E-state index in [-0.39, 0.29) is 0 Å². The van der Waals surface area contributed by atoms with E-state index >= 15 is 0 Å². The van der Waals surface area contributed by atoms with E-state index in [9.17, 15) is 0 Å². The lowest BCUT2D eigenvalue weighted by Gasteiger charge is -2.08. The molecule has 19 heavy (non-hydrogen) atoms. The van der Waals surface area contributed by atoms with Crippen LogP contribution in [-0.4, -0.2) is 0 Å². The number of rotatable bonds is 0. The molecule has 0 bridgehead atoms. The Kier molecular flexibility index (Phi) is 2.04. The van der Waals surface area contributed by atoms with E-state index in [1.165, 1.54) is 26.9 Å². The Morgan fingerprint density at radius 2 is 1.32 bits per heavy atom. The first-order valence-corrected chi connectivity index (χ1v) is 6.43. The lowest BCUT2D eigenvalue weighted by Crippen LogP contribution is -1.87. The molecule has 0 aromatic heterocycles. The summed E-state index contributed by atoms with van der Waals surface area (Å²) in [5.74, 6) is 0. The van der Waals surface area contributed by atoms with Gasteiger partial charge < -0.3 is 5.73 Å². The molecular formula is C18H13N. The van der Waals surface area contributed by atoms with Gasteiger partial charge in [0.15, 0.2) is 0 Å². The second-order valence-electron chi connectivity index (χ2n) is 4.93. The quantitative estimate of drug-likeness (QED) is 0.270. The number of fused-ring (bicyclic) bond motifs is 4. The third-order valence-electron chi connectivity index (χ3n) is 3.78. The van der Waals surface area contributed by atoms with Gasteiger partial charge in [0, 0.05) is 11.1 Å². The van der Waals surface area contributed by atoms with Gasteiger partial charge in [0.25, 0.3) is 0 Å². The third-order valence-corrected chi connectivity index (χ3v) is 3.78. The second-order valence-corrected chi connectivity index (χ2v) is 4.93. The molecule has 0 atom stereocenters. The first kappa shape index (κ1) is 10.4. The Hall–Kier alpha value is -2.54. The van der Waals surface area contributed by atoms with E-state index < -0.39 is 0 Å². The summed E-state index contributed by atoms with van der Waals surface area (Å²) in [6.07, 6.45) is 0. The summed E-state index contributed by atoms with van der Waals surface area (Å²) in [6, 6.07) is 23.3. The zero-order valence-corrected chi connectivity index (χ0v) is 10.4. The molecule has 0 aliphatic rings. The molecule has 90 valence electrons. The van der Waals surface area contributed by atoms with Crippen LogP contribution < -0.4 is 5.73 Å². The molecule has 0 saturated carbocycles. The minimum atomic E-state index is 0.840. The maximum absolute atomic E-state index is 6.06. The topological polar surface area (TPSA) is 26.0 Å². The van der Waals surface area contributed by atoms with Gasteiger partial charge in [0.2, 0.25) is 0 Å². The molecule has 0 aliphatic carbocycles. The summed E-state index contributed by atoms with van der Waals surface area (Å²) in [7, 11) is 0. The van der Waals surface area contributed by atoms with Gasteiger partial charge in [-0.1, -0.05) is 48.5 Å². The molecule has 0 unspecified atom stereocenters. The van der Waals surface area contributed by atoms with Gasteiger partial charge in [0.05, 0.1) is 0 Å². The number of hydrogen-bond donors (Lipinski definition) is 1. The maximum atomic E-state index is 6.06. The van der Waals surface area contributed by atoms with Gasteiger partial charge in [-0.25, -0.2) is 0 Å². The van der Waals surface area contributed by atoms with Crippen molar-refractivity contribution in [1.82, 2.24) is 0 Å². The van der Waals surface area contributed by atoms with Crippen LogP contribution in [-0.2, 0) is 0 Å². The standard InChI is InChI=1S/C18H13N/c19-18-7-3-6-15-16(18)9-8-14-10-12-4-1-2-5-13(12)11-17(14)15/h1-11H,19H2. The van der Waals surface area contributed by atoms with Gasteiger partial charge >= 0.3 is 0 Å². The van der Waals surface area contributed by atoms with Crippen LogP contribution in [0.4, 0.5) is 5.69 Å². The first-order valence-electron chi connectivity index (χ1n) is 6.43. The van der Waals surface area contributed by atoms with Gasteiger partial charge in [-0.15, -0.1) is 0 Å². The van der Waals surface area contributed by atoms with Crippen LogP contribution in [0, 0.1) is 0 Å². The summed E-state index contributed by atoms with van der Waals surface area (Å²) in [5.41, 5.74) is 6.90. The smallest absolute Gasteiger partial charge is 0.0393 e. The average Bonchev–Trinajstić information content (AvgIpc) is 2.45. The Morgan fingerprint density at radius 1 is 0.526 bits per heavy atom. The molecule has 0 spiro atoms. The van der Waals surface area contributed by atoms with E-state index in [0.29, 0.717) is 0 Å². The summed E-state index contributed by atoms with van der Waals surface area (Å²) in [6.45, 7) is 0. The highest BCUT2D eigenvalue weighted by atomic mass is 14.5. The SMILES string of the molecule is Nc1cccc2c1ccc1cc3ccccc3cc12. The summed E-state index contributed by atoms with van der Waals surface area (Å²) < 4.78 is 0. The van der Waals surface area contributed by atoms with E-state index in [4.69, 9.17) is 5.73 Å². The molecule has 0 amide bonds. The average molecular weight is 243 g/mol. The van der Waals surface area contributed by atoms with Crippen LogP contribution in [0.15, 0.2) is 66.7 Å². The highest BCUT2D eigenvalue weighted by Crippen LogP contribution is 2.31. The van der Waals surface area contributed by atoms with E-state index in [2.05, 4.69) is 54.6 Å². The number of benzene rings is 4. The number of nitrogen functional groups attached to an aromatic ring is 1. The second kappa shape index (κ2) is 3.72. The molecule has 1 heteroatoms. The van der Waals surface area contributed by atoms with Crippen molar-refractivity contribution in [2.24, 2.45) is 0 Å². The predicted molar refractivity (Wildman–Crippen MR) is 83.4 cm³/mol. The minimum Gasteiger partial charge on any atom is -0.398 e. The molecule has 0 saturated heterocycles. The largest absolute Gasteiger partial charge is 0.398 e. The molecule has 4 aromatic rings. The zero-order valence-electron chi connectivity index (χ0n) is 10.4. The van der Waals surface area contributed by atoms with Gasteiger partial charge in [-0.3, -0.25) is 0 Å². The fraction of sp³-hybridized carbons (Fsp3) is 0. The first-order chi connectivity index (χ1) is 9.33. The number of nitrogens with two attached hydrogens (primary N) is 1.